The van der Waals surface area contributed by atoms with E-state index in [4.69, 9.17) is 10.3 Å². The summed E-state index contributed by atoms with van der Waals surface area (Å²) in [7, 11) is 0. The van der Waals surface area contributed by atoms with Crippen molar-refractivity contribution in [2.24, 2.45) is 5.73 Å². The number of carbonyl (C=O) groups excluding carboxylic acids is 1. The lowest BCUT2D eigenvalue weighted by Crippen LogP contribution is -2.22. The molecule has 5 nitrogen and oxygen atoms in total. The van der Waals surface area contributed by atoms with Crippen molar-refractivity contribution in [2.45, 2.75) is 13.5 Å². The maximum atomic E-state index is 11.9. The number of thiophene rings is 1. The maximum Gasteiger partial charge on any atom is 0.256 e. The minimum absolute atomic E-state index is 0.204. The molecule has 6 heteroatoms. The highest BCUT2D eigenvalue weighted by Crippen LogP contribution is 2.16. The van der Waals surface area contributed by atoms with Crippen molar-refractivity contribution in [3.8, 4) is 11.8 Å². The molecule has 0 aliphatic heterocycles. The Kier molecular flexibility index (Phi) is 4.34. The molecule has 0 atom stereocenters. The lowest BCUT2D eigenvalue weighted by atomic mass is 10.2. The first-order valence-electron chi connectivity index (χ1n) is 5.67. The molecule has 0 spiro atoms. The Hall–Kier alpha value is -2.10. The Balaban J connectivity index is 2.02. The molecule has 0 unspecified atom stereocenters. The monoisotopic (exact) mass is 275 g/mol. The minimum Gasteiger partial charge on any atom is -0.361 e. The van der Waals surface area contributed by atoms with Crippen molar-refractivity contribution in [1.82, 2.24) is 10.5 Å². The Morgan fingerprint density at radius 2 is 2.47 bits per heavy atom. The summed E-state index contributed by atoms with van der Waals surface area (Å²) in [6.07, 6.45) is 1.41. The molecule has 0 radical (unpaired) electrons. The topological polar surface area (TPSA) is 81.2 Å². The molecule has 0 saturated heterocycles. The van der Waals surface area contributed by atoms with Crippen LogP contribution in [0.15, 0.2) is 22.2 Å². The lowest BCUT2D eigenvalue weighted by molar-refractivity contribution is 0.0950. The Morgan fingerprint density at radius 1 is 1.63 bits per heavy atom. The van der Waals surface area contributed by atoms with E-state index in [0.717, 1.165) is 10.4 Å². The van der Waals surface area contributed by atoms with Gasteiger partial charge in [0.2, 0.25) is 0 Å². The Labute approximate surface area is 114 Å². The number of aryl methyl sites for hydroxylation is 1. The molecule has 3 N–H and O–H groups in total. The minimum atomic E-state index is -0.204. The van der Waals surface area contributed by atoms with Crippen LogP contribution in [0.25, 0.3) is 0 Å². The van der Waals surface area contributed by atoms with Crippen molar-refractivity contribution < 1.29 is 9.32 Å². The Morgan fingerprint density at radius 3 is 3.16 bits per heavy atom. The largest absolute Gasteiger partial charge is 0.361 e. The van der Waals surface area contributed by atoms with Crippen LogP contribution in [0.4, 0.5) is 0 Å². The summed E-state index contributed by atoms with van der Waals surface area (Å²) in [5.74, 6) is 6.08. The third-order valence-electron chi connectivity index (χ3n) is 2.48. The second-order valence-corrected chi connectivity index (χ2v) is 4.74. The molecule has 2 heterocycles. The first-order valence-corrected chi connectivity index (χ1v) is 6.55. The fourth-order valence-electron chi connectivity index (χ4n) is 1.51. The molecule has 98 valence electrons. The smallest absolute Gasteiger partial charge is 0.256 e. The van der Waals surface area contributed by atoms with E-state index < -0.39 is 0 Å². The number of amides is 1. The van der Waals surface area contributed by atoms with Crippen LogP contribution in [-0.4, -0.2) is 17.6 Å². The van der Waals surface area contributed by atoms with Crippen LogP contribution in [0.2, 0.25) is 0 Å². The molecule has 0 saturated carbocycles. The number of nitrogens with zero attached hydrogens (tertiary/aromatic N) is 1. The van der Waals surface area contributed by atoms with Gasteiger partial charge in [0, 0.05) is 10.4 Å². The second kappa shape index (κ2) is 6.18. The quantitative estimate of drug-likeness (QED) is 0.827. The summed E-state index contributed by atoms with van der Waals surface area (Å²) < 4.78 is 4.86. The van der Waals surface area contributed by atoms with Crippen molar-refractivity contribution in [1.29, 1.82) is 0 Å². The van der Waals surface area contributed by atoms with Gasteiger partial charge in [0.05, 0.1) is 19.3 Å². The highest BCUT2D eigenvalue weighted by Gasteiger charge is 2.13. The van der Waals surface area contributed by atoms with E-state index in [2.05, 4.69) is 22.3 Å². The molecule has 0 fully saturated rings. The number of rotatable bonds is 3. The van der Waals surface area contributed by atoms with E-state index in [1.54, 1.807) is 18.3 Å². The normalized spacial score (nSPS) is 9.79. The van der Waals surface area contributed by atoms with Crippen LogP contribution in [0, 0.1) is 18.8 Å². The first-order chi connectivity index (χ1) is 9.22. The number of hydrogen-bond acceptors (Lipinski definition) is 5. The zero-order valence-electron chi connectivity index (χ0n) is 10.4. The van der Waals surface area contributed by atoms with E-state index in [0.29, 0.717) is 24.4 Å². The van der Waals surface area contributed by atoms with Gasteiger partial charge in [-0.1, -0.05) is 17.0 Å². The van der Waals surface area contributed by atoms with Gasteiger partial charge in [0.1, 0.15) is 11.3 Å². The van der Waals surface area contributed by atoms with Crippen LogP contribution in [0.5, 0.6) is 0 Å². The number of hydrogen-bond donors (Lipinski definition) is 2. The van der Waals surface area contributed by atoms with E-state index in [-0.39, 0.29) is 5.91 Å². The average molecular weight is 275 g/mol. The molecule has 2 rings (SSSR count). The van der Waals surface area contributed by atoms with E-state index in [1.165, 1.54) is 6.20 Å². The van der Waals surface area contributed by atoms with E-state index in [9.17, 15) is 4.79 Å². The molecule has 19 heavy (non-hydrogen) atoms. The van der Waals surface area contributed by atoms with Gasteiger partial charge in [-0.15, -0.1) is 11.3 Å². The van der Waals surface area contributed by atoms with E-state index >= 15 is 0 Å². The van der Waals surface area contributed by atoms with Crippen LogP contribution in [-0.2, 0) is 6.54 Å². The first kappa shape index (κ1) is 13.3. The average Bonchev–Trinajstić information content (AvgIpc) is 3.02. The van der Waals surface area contributed by atoms with E-state index in [1.807, 2.05) is 11.4 Å². The van der Waals surface area contributed by atoms with Gasteiger partial charge in [-0.25, -0.2) is 0 Å². The van der Waals surface area contributed by atoms with Gasteiger partial charge in [-0.3, -0.25) is 4.79 Å². The zero-order valence-corrected chi connectivity index (χ0v) is 11.2. The van der Waals surface area contributed by atoms with Crippen LogP contribution in [0.1, 0.15) is 26.6 Å². The molecule has 0 aliphatic carbocycles. The third-order valence-corrected chi connectivity index (χ3v) is 3.40. The molecule has 2 aromatic heterocycles. The molecule has 0 aliphatic rings. The Bertz CT molecular complexity index is 634. The summed E-state index contributed by atoms with van der Waals surface area (Å²) in [5, 5.41) is 8.33. The molecule has 0 aromatic carbocycles. The fraction of sp³-hybridized carbons (Fsp3) is 0.231. The van der Waals surface area contributed by atoms with Crippen molar-refractivity contribution in [3.63, 3.8) is 0 Å². The number of nitrogens with two attached hydrogens (primary N) is 1. The summed E-state index contributed by atoms with van der Waals surface area (Å²) >= 11 is 1.55. The molecular weight excluding hydrogens is 262 g/mol. The van der Waals surface area contributed by atoms with Gasteiger partial charge in [-0.2, -0.15) is 0 Å². The van der Waals surface area contributed by atoms with Crippen LogP contribution >= 0.6 is 11.3 Å². The van der Waals surface area contributed by atoms with Crippen molar-refractivity contribution >= 4 is 17.2 Å². The third kappa shape index (κ3) is 3.22. The van der Waals surface area contributed by atoms with Gasteiger partial charge in [-0.05, 0) is 18.4 Å². The van der Waals surface area contributed by atoms with Gasteiger partial charge >= 0.3 is 0 Å². The predicted molar refractivity (Wildman–Crippen MR) is 72.7 cm³/mol. The lowest BCUT2D eigenvalue weighted by Gasteiger charge is -2.02. The highest BCUT2D eigenvalue weighted by atomic mass is 32.1. The fourth-order valence-corrected chi connectivity index (χ4v) is 2.28. The SMILES string of the molecule is Cc1oncc1C(=O)NCc1sccc1C#CCN. The molecule has 2 aromatic rings. The van der Waals surface area contributed by atoms with Gasteiger partial charge < -0.3 is 15.6 Å². The number of nitrogens with one attached hydrogen (secondary N) is 1. The zero-order chi connectivity index (χ0) is 13.7. The standard InChI is InChI=1S/C13H13N3O2S/c1-9-11(7-16-18-9)13(17)15-8-12-10(3-2-5-14)4-6-19-12/h4,6-7H,5,8,14H2,1H3,(H,15,17). The van der Waals surface area contributed by atoms with Crippen molar-refractivity contribution in [3.05, 3.63) is 39.4 Å². The summed E-state index contributed by atoms with van der Waals surface area (Å²) in [6, 6.07) is 1.92. The second-order valence-electron chi connectivity index (χ2n) is 3.74. The maximum absolute atomic E-state index is 11.9. The van der Waals surface area contributed by atoms with Crippen LogP contribution < -0.4 is 11.1 Å². The molecule has 0 bridgehead atoms. The number of aromatic nitrogens is 1. The number of carbonyl (C=O) groups is 1. The summed E-state index contributed by atoms with van der Waals surface area (Å²) in [5.41, 5.74) is 6.69. The highest BCUT2D eigenvalue weighted by molar-refractivity contribution is 7.10. The van der Waals surface area contributed by atoms with Crippen LogP contribution in [0.3, 0.4) is 0 Å². The summed E-state index contributed by atoms with van der Waals surface area (Å²) in [4.78, 5) is 12.9. The molecular formula is C13H13N3O2S. The predicted octanol–water partition coefficient (Wildman–Crippen LogP) is 1.28. The molecule has 1 amide bonds. The van der Waals surface area contributed by atoms with Crippen molar-refractivity contribution in [2.75, 3.05) is 6.54 Å². The van der Waals surface area contributed by atoms with Gasteiger partial charge in [0.25, 0.3) is 5.91 Å². The summed E-state index contributed by atoms with van der Waals surface area (Å²) in [6.45, 7) is 2.45. The van der Waals surface area contributed by atoms with Gasteiger partial charge in [0.15, 0.2) is 0 Å².